The Morgan fingerprint density at radius 1 is 1.12 bits per heavy atom. The van der Waals surface area contributed by atoms with Gasteiger partial charge in [0.1, 0.15) is 11.6 Å². The van der Waals surface area contributed by atoms with Gasteiger partial charge in [-0.05, 0) is 56.8 Å². The fourth-order valence-corrected chi connectivity index (χ4v) is 2.67. The number of nitrogens with one attached hydrogen (secondary N) is 2. The molecule has 0 atom stereocenters. The molecule has 0 fully saturated rings. The Labute approximate surface area is 153 Å². The molecule has 0 amide bonds. The van der Waals surface area contributed by atoms with Crippen LogP contribution in [0.2, 0.25) is 0 Å². The standard InChI is InChI=1S/C19H23F2N3S/c1-3-24(16-8-5-14(2)6-9-16)12-4-11-22-19(25)23-18-10-7-15(20)13-17(18)21/h5-10,13H,3-4,11-12H2,1-2H3,(H2,22,23,25). The lowest BCUT2D eigenvalue weighted by molar-refractivity contribution is 0.586. The highest BCUT2D eigenvalue weighted by atomic mass is 32.1. The summed E-state index contributed by atoms with van der Waals surface area (Å²) in [5.41, 5.74) is 2.60. The van der Waals surface area contributed by atoms with Crippen molar-refractivity contribution in [2.75, 3.05) is 29.9 Å². The van der Waals surface area contributed by atoms with Crippen molar-refractivity contribution in [2.24, 2.45) is 0 Å². The average Bonchev–Trinajstić information content (AvgIpc) is 2.58. The van der Waals surface area contributed by atoms with E-state index in [2.05, 4.69) is 53.6 Å². The number of rotatable bonds is 7. The first-order valence-corrected chi connectivity index (χ1v) is 8.72. The first-order chi connectivity index (χ1) is 12.0. The van der Waals surface area contributed by atoms with Gasteiger partial charge in [-0.2, -0.15) is 0 Å². The van der Waals surface area contributed by atoms with E-state index in [0.29, 0.717) is 11.7 Å². The van der Waals surface area contributed by atoms with E-state index in [-0.39, 0.29) is 5.69 Å². The molecule has 25 heavy (non-hydrogen) atoms. The highest BCUT2D eigenvalue weighted by Gasteiger charge is 2.06. The van der Waals surface area contributed by atoms with E-state index in [0.717, 1.165) is 25.6 Å². The minimum Gasteiger partial charge on any atom is -0.372 e. The molecule has 0 heterocycles. The molecule has 2 aromatic carbocycles. The molecular weight excluding hydrogens is 340 g/mol. The zero-order valence-electron chi connectivity index (χ0n) is 14.5. The van der Waals surface area contributed by atoms with Crippen LogP contribution in [0.5, 0.6) is 0 Å². The zero-order valence-corrected chi connectivity index (χ0v) is 15.3. The monoisotopic (exact) mass is 363 g/mol. The highest BCUT2D eigenvalue weighted by molar-refractivity contribution is 7.80. The molecule has 0 aliphatic carbocycles. The number of thiocarbonyl (C=S) groups is 1. The minimum atomic E-state index is -0.666. The van der Waals surface area contributed by atoms with Gasteiger partial charge in [-0.25, -0.2) is 8.78 Å². The van der Waals surface area contributed by atoms with Crippen molar-refractivity contribution < 1.29 is 8.78 Å². The highest BCUT2D eigenvalue weighted by Crippen LogP contribution is 2.16. The Bertz CT molecular complexity index is 704. The Hall–Kier alpha value is -2.21. The lowest BCUT2D eigenvalue weighted by Crippen LogP contribution is -2.32. The van der Waals surface area contributed by atoms with Crippen LogP contribution in [0.15, 0.2) is 42.5 Å². The maximum absolute atomic E-state index is 13.6. The number of nitrogens with zero attached hydrogens (tertiary/aromatic N) is 1. The summed E-state index contributed by atoms with van der Waals surface area (Å²) in [6.07, 6.45) is 0.884. The zero-order chi connectivity index (χ0) is 18.2. The maximum Gasteiger partial charge on any atom is 0.170 e. The van der Waals surface area contributed by atoms with Crippen LogP contribution in [0.1, 0.15) is 18.9 Å². The summed E-state index contributed by atoms with van der Waals surface area (Å²) in [5, 5.41) is 6.11. The molecule has 0 saturated heterocycles. The van der Waals surface area contributed by atoms with Crippen molar-refractivity contribution in [2.45, 2.75) is 20.3 Å². The van der Waals surface area contributed by atoms with Crippen molar-refractivity contribution in [3.63, 3.8) is 0 Å². The number of hydrogen-bond acceptors (Lipinski definition) is 2. The molecule has 0 aliphatic rings. The van der Waals surface area contributed by atoms with Crippen molar-refractivity contribution in [1.82, 2.24) is 5.32 Å². The molecule has 134 valence electrons. The molecule has 0 unspecified atom stereocenters. The predicted molar refractivity (Wildman–Crippen MR) is 104 cm³/mol. The molecule has 0 aliphatic heterocycles. The van der Waals surface area contributed by atoms with E-state index in [1.807, 2.05) is 0 Å². The van der Waals surface area contributed by atoms with Crippen LogP contribution in [-0.2, 0) is 0 Å². The van der Waals surface area contributed by atoms with Crippen molar-refractivity contribution in [3.05, 3.63) is 59.7 Å². The molecular formula is C19H23F2N3S. The summed E-state index contributed by atoms with van der Waals surface area (Å²) in [6, 6.07) is 11.8. The predicted octanol–water partition coefficient (Wildman–Crippen LogP) is 4.48. The normalized spacial score (nSPS) is 10.4. The van der Waals surface area contributed by atoms with Crippen molar-refractivity contribution in [3.8, 4) is 0 Å². The van der Waals surface area contributed by atoms with Gasteiger partial charge in [0.15, 0.2) is 5.11 Å². The first kappa shape index (κ1) is 19.1. The maximum atomic E-state index is 13.6. The number of halogens is 2. The Morgan fingerprint density at radius 2 is 1.84 bits per heavy atom. The Balaban J connectivity index is 1.75. The van der Waals surface area contributed by atoms with Crippen LogP contribution in [0.3, 0.4) is 0 Å². The lowest BCUT2D eigenvalue weighted by atomic mass is 10.2. The Kier molecular flexibility index (Phi) is 7.13. The molecule has 0 saturated carbocycles. The molecule has 2 N–H and O–H groups in total. The summed E-state index contributed by atoms with van der Waals surface area (Å²) >= 11 is 5.15. The van der Waals surface area contributed by atoms with Gasteiger partial charge >= 0.3 is 0 Å². The van der Waals surface area contributed by atoms with Crippen LogP contribution < -0.4 is 15.5 Å². The van der Waals surface area contributed by atoms with Crippen molar-refractivity contribution >= 4 is 28.7 Å². The van der Waals surface area contributed by atoms with Gasteiger partial charge in [0.2, 0.25) is 0 Å². The number of anilines is 2. The van der Waals surface area contributed by atoms with Crippen LogP contribution in [0.4, 0.5) is 20.2 Å². The third-order valence-electron chi connectivity index (χ3n) is 3.85. The van der Waals surface area contributed by atoms with Gasteiger partial charge in [0, 0.05) is 31.4 Å². The molecule has 0 spiro atoms. The molecule has 0 radical (unpaired) electrons. The molecule has 3 nitrogen and oxygen atoms in total. The third kappa shape index (κ3) is 5.98. The number of benzene rings is 2. The smallest absolute Gasteiger partial charge is 0.170 e. The van der Waals surface area contributed by atoms with Crippen LogP contribution in [0.25, 0.3) is 0 Å². The van der Waals surface area contributed by atoms with Crippen molar-refractivity contribution in [1.29, 1.82) is 0 Å². The average molecular weight is 363 g/mol. The molecule has 2 aromatic rings. The fourth-order valence-electron chi connectivity index (χ4n) is 2.45. The number of hydrogen-bond donors (Lipinski definition) is 2. The molecule has 0 aromatic heterocycles. The largest absolute Gasteiger partial charge is 0.372 e. The lowest BCUT2D eigenvalue weighted by Gasteiger charge is -2.23. The second kappa shape index (κ2) is 9.32. The Morgan fingerprint density at radius 3 is 2.48 bits per heavy atom. The van der Waals surface area contributed by atoms with E-state index >= 15 is 0 Å². The molecule has 2 rings (SSSR count). The second-order valence-corrected chi connectivity index (χ2v) is 6.18. The van der Waals surface area contributed by atoms with E-state index in [9.17, 15) is 8.78 Å². The summed E-state index contributed by atoms with van der Waals surface area (Å²) < 4.78 is 26.5. The summed E-state index contributed by atoms with van der Waals surface area (Å²) in [4.78, 5) is 2.29. The third-order valence-corrected chi connectivity index (χ3v) is 4.10. The van der Waals surface area contributed by atoms with Gasteiger partial charge in [0.25, 0.3) is 0 Å². The van der Waals surface area contributed by atoms with Gasteiger partial charge in [0.05, 0.1) is 5.69 Å². The van der Waals surface area contributed by atoms with Crippen LogP contribution >= 0.6 is 12.2 Å². The summed E-state index contributed by atoms with van der Waals surface area (Å²) in [5.74, 6) is -1.28. The number of aryl methyl sites for hydroxylation is 1. The first-order valence-electron chi connectivity index (χ1n) is 8.31. The molecule has 6 heteroatoms. The summed E-state index contributed by atoms with van der Waals surface area (Å²) in [7, 11) is 0. The van der Waals surface area contributed by atoms with E-state index < -0.39 is 11.6 Å². The van der Waals surface area contributed by atoms with Crippen LogP contribution in [-0.4, -0.2) is 24.7 Å². The fraction of sp³-hybridized carbons (Fsp3) is 0.316. The van der Waals surface area contributed by atoms with Gasteiger partial charge in [-0.1, -0.05) is 17.7 Å². The second-order valence-electron chi connectivity index (χ2n) is 5.77. The quantitative estimate of drug-likeness (QED) is 0.560. The van der Waals surface area contributed by atoms with Gasteiger partial charge < -0.3 is 15.5 Å². The van der Waals surface area contributed by atoms with E-state index in [1.165, 1.54) is 23.4 Å². The summed E-state index contributed by atoms with van der Waals surface area (Å²) in [6.45, 7) is 6.67. The topological polar surface area (TPSA) is 27.3 Å². The van der Waals surface area contributed by atoms with E-state index in [1.54, 1.807) is 0 Å². The molecule has 0 bridgehead atoms. The van der Waals surface area contributed by atoms with Gasteiger partial charge in [-0.3, -0.25) is 0 Å². The van der Waals surface area contributed by atoms with Crippen LogP contribution in [0, 0.1) is 18.6 Å². The van der Waals surface area contributed by atoms with Gasteiger partial charge in [-0.15, -0.1) is 0 Å². The minimum absolute atomic E-state index is 0.161. The SMILES string of the molecule is CCN(CCCNC(=S)Nc1ccc(F)cc1F)c1ccc(C)cc1. The van der Waals surface area contributed by atoms with E-state index in [4.69, 9.17) is 12.2 Å².